The number of aromatic carboxylic acids is 1. The zero-order chi connectivity index (χ0) is 31.4. The number of benzene rings is 2. The number of rotatable bonds is 8. The van der Waals surface area contributed by atoms with Crippen LogP contribution in [0.25, 0.3) is 32.6 Å². The van der Waals surface area contributed by atoms with Gasteiger partial charge in [-0.3, -0.25) is 9.59 Å². The van der Waals surface area contributed by atoms with E-state index >= 15 is 0 Å². The smallest absolute Gasteiger partial charge is 0.355 e. The number of nitrogens with one attached hydrogen (secondary N) is 3. The fourth-order valence-electron chi connectivity index (χ4n) is 4.62. The number of amides is 2. The van der Waals surface area contributed by atoms with Crippen LogP contribution in [0.2, 0.25) is 0 Å². The molecule has 2 amide bonds. The van der Waals surface area contributed by atoms with E-state index in [4.69, 9.17) is 20.7 Å². The summed E-state index contributed by atoms with van der Waals surface area (Å²) < 4.78 is 5.98. The fourth-order valence-corrected chi connectivity index (χ4v) is 5.55. The van der Waals surface area contributed by atoms with Crippen LogP contribution in [-0.4, -0.2) is 67.8 Å². The highest BCUT2D eigenvalue weighted by molar-refractivity contribution is 7.13. The molecule has 13 nitrogen and oxygen atoms in total. The van der Waals surface area contributed by atoms with Crippen molar-refractivity contribution in [1.82, 2.24) is 20.3 Å². The van der Waals surface area contributed by atoms with Gasteiger partial charge in [-0.15, -0.1) is 11.3 Å². The Morgan fingerprint density at radius 3 is 2.70 bits per heavy atom. The van der Waals surface area contributed by atoms with Crippen molar-refractivity contribution in [3.05, 3.63) is 76.4 Å². The molecule has 4 heterocycles. The van der Waals surface area contributed by atoms with E-state index in [1.54, 1.807) is 60.7 Å². The minimum absolute atomic E-state index is 0.111. The number of aromatic amines is 1. The molecule has 2 aromatic carbocycles. The van der Waals surface area contributed by atoms with Gasteiger partial charge in [0.2, 0.25) is 6.41 Å². The standard InChI is InChI=1S/C26H19N5O4S.C4H9NO3/c1-12-2-4-15(22(28-12)25(33)34)16-10-21-18(23-13(11-35-21)6-7-36-23)9-17(16)24(32)29-14-3-5-19-20(8-14)31-26(27)30-19;6-2-4(8)1-5-3-7/h2-10H,11H2,1H3,(H,29,32)(H,33,34)(H3,27,30,31);3-4,6,8H,1-2H2,(H,5,7). The molecule has 5 aromatic rings. The highest BCUT2D eigenvalue weighted by Crippen LogP contribution is 2.44. The number of aryl methyl sites for hydroxylation is 1. The minimum Gasteiger partial charge on any atom is -0.488 e. The first-order chi connectivity index (χ1) is 21.2. The van der Waals surface area contributed by atoms with Crippen molar-refractivity contribution >= 4 is 52.3 Å². The molecule has 1 atom stereocenters. The summed E-state index contributed by atoms with van der Waals surface area (Å²) in [5.74, 6) is -0.713. The van der Waals surface area contributed by atoms with Gasteiger partial charge >= 0.3 is 5.97 Å². The topological polar surface area (TPSA) is 213 Å². The number of nitrogen functional groups attached to an aromatic ring is 1. The zero-order valence-corrected chi connectivity index (χ0v) is 24.1. The lowest BCUT2D eigenvalue weighted by atomic mass is 9.93. The van der Waals surface area contributed by atoms with Gasteiger partial charge in [0.15, 0.2) is 11.6 Å². The number of carboxylic acids is 1. The second-order valence-electron chi connectivity index (χ2n) is 9.78. The van der Waals surface area contributed by atoms with E-state index in [2.05, 4.69) is 25.6 Å². The van der Waals surface area contributed by atoms with Crippen LogP contribution in [0, 0.1) is 6.92 Å². The van der Waals surface area contributed by atoms with Crippen molar-refractivity contribution in [1.29, 1.82) is 0 Å². The van der Waals surface area contributed by atoms with Crippen LogP contribution in [0.5, 0.6) is 5.75 Å². The quantitative estimate of drug-likeness (QED) is 0.126. The van der Waals surface area contributed by atoms with Gasteiger partial charge in [-0.1, -0.05) is 6.07 Å². The first-order valence-electron chi connectivity index (χ1n) is 13.3. The molecule has 44 heavy (non-hydrogen) atoms. The number of aromatic nitrogens is 3. The molecule has 1 aliphatic rings. The van der Waals surface area contributed by atoms with Crippen LogP contribution in [0.4, 0.5) is 11.6 Å². The van der Waals surface area contributed by atoms with Crippen molar-refractivity contribution in [2.75, 3.05) is 24.2 Å². The van der Waals surface area contributed by atoms with Gasteiger partial charge in [-0.2, -0.15) is 0 Å². The molecular weight excluding hydrogens is 588 g/mol. The summed E-state index contributed by atoms with van der Waals surface area (Å²) in [7, 11) is 0. The molecular formula is C30H28N6O7S. The van der Waals surface area contributed by atoms with Crippen molar-refractivity contribution < 1.29 is 34.4 Å². The number of aliphatic hydroxyl groups is 2. The van der Waals surface area contributed by atoms with Crippen LogP contribution in [0.3, 0.4) is 0 Å². The van der Waals surface area contributed by atoms with E-state index in [0.717, 1.165) is 16.0 Å². The van der Waals surface area contributed by atoms with Gasteiger partial charge in [0.1, 0.15) is 12.4 Å². The van der Waals surface area contributed by atoms with E-state index < -0.39 is 18.0 Å². The van der Waals surface area contributed by atoms with Gasteiger partial charge in [-0.05, 0) is 54.8 Å². The summed E-state index contributed by atoms with van der Waals surface area (Å²) in [4.78, 5) is 47.6. The molecule has 3 aromatic heterocycles. The van der Waals surface area contributed by atoms with Crippen LogP contribution in [-0.2, 0) is 11.4 Å². The number of H-pyrrole nitrogens is 1. The summed E-state index contributed by atoms with van der Waals surface area (Å²) in [6, 6.07) is 14.1. The average Bonchev–Trinajstić information content (AvgIpc) is 3.65. The Morgan fingerprint density at radius 2 is 1.95 bits per heavy atom. The second kappa shape index (κ2) is 12.9. The van der Waals surface area contributed by atoms with Crippen molar-refractivity contribution in [2.45, 2.75) is 19.6 Å². The van der Waals surface area contributed by atoms with E-state index in [9.17, 15) is 19.5 Å². The van der Waals surface area contributed by atoms with Crippen LogP contribution >= 0.6 is 11.3 Å². The lowest BCUT2D eigenvalue weighted by Gasteiger charge is -2.21. The Kier molecular flexibility index (Phi) is 8.85. The van der Waals surface area contributed by atoms with Crippen LogP contribution in [0.1, 0.15) is 32.1 Å². The maximum Gasteiger partial charge on any atom is 0.355 e. The molecule has 0 bridgehead atoms. The lowest BCUT2D eigenvalue weighted by molar-refractivity contribution is -0.110. The van der Waals surface area contributed by atoms with E-state index in [1.165, 1.54) is 0 Å². The number of carbonyl (C=O) groups is 3. The Bertz CT molecular complexity index is 1870. The molecule has 0 fully saturated rings. The van der Waals surface area contributed by atoms with E-state index in [1.807, 2.05) is 11.4 Å². The molecule has 1 unspecified atom stereocenters. The molecule has 0 radical (unpaired) electrons. The lowest BCUT2D eigenvalue weighted by Crippen LogP contribution is -2.28. The fraction of sp³-hybridized carbons (Fsp3) is 0.167. The number of nitrogens with two attached hydrogens (primary N) is 1. The summed E-state index contributed by atoms with van der Waals surface area (Å²) in [5, 5.41) is 33.6. The number of aliphatic hydroxyl groups excluding tert-OH is 2. The number of hydrogen-bond acceptors (Lipinski definition) is 10. The predicted molar refractivity (Wildman–Crippen MR) is 165 cm³/mol. The van der Waals surface area contributed by atoms with Crippen molar-refractivity contribution in [3.63, 3.8) is 0 Å². The van der Waals surface area contributed by atoms with E-state index in [0.29, 0.717) is 57.9 Å². The SMILES string of the molecule is Cc1ccc(-c2cc3c(cc2C(=O)Nc2ccc4nc(N)[nH]c4c2)-c2sccc2CO3)c(C(=O)O)n1.O=CNCC(O)CO. The van der Waals surface area contributed by atoms with Gasteiger partial charge in [0.05, 0.1) is 23.7 Å². The van der Waals surface area contributed by atoms with E-state index in [-0.39, 0.29) is 24.8 Å². The molecule has 8 N–H and O–H groups in total. The zero-order valence-electron chi connectivity index (χ0n) is 23.3. The second-order valence-corrected chi connectivity index (χ2v) is 10.7. The Balaban J connectivity index is 0.000000426. The maximum atomic E-state index is 13.7. The van der Waals surface area contributed by atoms with Crippen LogP contribution < -0.4 is 21.1 Å². The summed E-state index contributed by atoms with van der Waals surface area (Å²) >= 11 is 1.57. The molecule has 0 saturated heterocycles. The third kappa shape index (κ3) is 6.36. The minimum atomic E-state index is -1.18. The Labute approximate surface area is 254 Å². The summed E-state index contributed by atoms with van der Waals surface area (Å²) in [6.45, 7) is 1.92. The molecule has 0 aliphatic carbocycles. The number of thiophene rings is 1. The third-order valence-electron chi connectivity index (χ3n) is 6.67. The van der Waals surface area contributed by atoms with Gasteiger partial charge in [0, 0.05) is 50.6 Å². The number of pyridine rings is 1. The summed E-state index contributed by atoms with van der Waals surface area (Å²) in [6.07, 6.45) is -0.362. The Hall–Kier alpha value is -5.31. The van der Waals surface area contributed by atoms with Crippen molar-refractivity contribution in [2.24, 2.45) is 0 Å². The highest BCUT2D eigenvalue weighted by Gasteiger charge is 2.26. The number of fused-ring (bicyclic) bond motifs is 4. The molecule has 14 heteroatoms. The largest absolute Gasteiger partial charge is 0.488 e. The summed E-state index contributed by atoms with van der Waals surface area (Å²) in [5.41, 5.74) is 10.9. The first-order valence-corrected chi connectivity index (χ1v) is 14.2. The Morgan fingerprint density at radius 1 is 1.14 bits per heavy atom. The number of hydrogen-bond donors (Lipinski definition) is 7. The molecule has 226 valence electrons. The normalized spacial score (nSPS) is 12.2. The molecule has 0 spiro atoms. The number of carbonyl (C=O) groups excluding carboxylic acids is 2. The average molecular weight is 617 g/mol. The molecule has 0 saturated carbocycles. The monoisotopic (exact) mass is 616 g/mol. The number of ether oxygens (including phenoxy) is 1. The third-order valence-corrected chi connectivity index (χ3v) is 7.66. The van der Waals surface area contributed by atoms with Crippen LogP contribution in [0.15, 0.2) is 53.9 Å². The van der Waals surface area contributed by atoms with Gasteiger partial charge in [-0.25, -0.2) is 14.8 Å². The van der Waals surface area contributed by atoms with Crippen molar-refractivity contribution in [3.8, 4) is 27.3 Å². The molecule has 6 rings (SSSR count). The number of imidazole rings is 1. The maximum absolute atomic E-state index is 13.7. The van der Waals surface area contributed by atoms with Gasteiger partial charge < -0.3 is 41.4 Å². The predicted octanol–water partition coefficient (Wildman–Crippen LogP) is 3.17. The molecule has 1 aliphatic heterocycles. The number of carboxylic acid groups (broad SMARTS) is 1. The van der Waals surface area contributed by atoms with Gasteiger partial charge in [0.25, 0.3) is 5.91 Å². The number of anilines is 2. The number of nitrogens with zero attached hydrogens (tertiary/aromatic N) is 2. The first kappa shape index (κ1) is 30.2. The highest BCUT2D eigenvalue weighted by atomic mass is 32.1.